The standard InChI is InChI=1S/C8H9N3O2/c12-8(13)6-3-9-1-5-2-10-4-11-7(5)6/h2,4,6,9H,1,3H2,(H,12,13). The number of aliphatic carboxylic acids is 1. The van der Waals surface area contributed by atoms with Gasteiger partial charge in [0.1, 0.15) is 12.2 Å². The van der Waals surface area contributed by atoms with Crippen molar-refractivity contribution in [3.63, 3.8) is 0 Å². The molecular formula is C8H9N3O2. The SMILES string of the molecule is O=C(O)C1CNCc2cncnc21. The molecule has 5 heteroatoms. The minimum absolute atomic E-state index is 0.444. The molecule has 0 amide bonds. The molecule has 68 valence electrons. The molecular weight excluding hydrogens is 170 g/mol. The first kappa shape index (κ1) is 8.12. The van der Waals surface area contributed by atoms with Crippen molar-refractivity contribution in [1.29, 1.82) is 0 Å². The summed E-state index contributed by atoms with van der Waals surface area (Å²) in [6.07, 6.45) is 3.05. The van der Waals surface area contributed by atoms with Gasteiger partial charge in [-0.2, -0.15) is 0 Å². The van der Waals surface area contributed by atoms with Crippen LogP contribution in [0.2, 0.25) is 0 Å². The molecule has 1 aliphatic rings. The average molecular weight is 179 g/mol. The van der Waals surface area contributed by atoms with Gasteiger partial charge in [-0.05, 0) is 0 Å². The molecule has 5 nitrogen and oxygen atoms in total. The number of carboxylic acid groups (broad SMARTS) is 1. The van der Waals surface area contributed by atoms with Crippen molar-refractivity contribution in [3.05, 3.63) is 23.8 Å². The van der Waals surface area contributed by atoms with Crippen LogP contribution in [0.25, 0.3) is 0 Å². The van der Waals surface area contributed by atoms with Crippen LogP contribution in [0.15, 0.2) is 12.5 Å². The van der Waals surface area contributed by atoms with Gasteiger partial charge in [-0.1, -0.05) is 0 Å². The molecule has 0 aromatic carbocycles. The summed E-state index contributed by atoms with van der Waals surface area (Å²) in [5.74, 6) is -1.38. The second-order valence-electron chi connectivity index (χ2n) is 2.95. The molecule has 0 saturated carbocycles. The maximum atomic E-state index is 10.8. The van der Waals surface area contributed by atoms with E-state index in [1.807, 2.05) is 0 Å². The monoisotopic (exact) mass is 179 g/mol. The van der Waals surface area contributed by atoms with Gasteiger partial charge < -0.3 is 10.4 Å². The lowest BCUT2D eigenvalue weighted by molar-refractivity contribution is -0.138. The molecule has 1 aromatic heterocycles. The number of hydrogen-bond acceptors (Lipinski definition) is 4. The van der Waals surface area contributed by atoms with Crippen LogP contribution in [0.1, 0.15) is 17.2 Å². The van der Waals surface area contributed by atoms with Crippen LogP contribution < -0.4 is 5.32 Å². The summed E-state index contributed by atoms with van der Waals surface area (Å²) >= 11 is 0. The van der Waals surface area contributed by atoms with Crippen molar-refractivity contribution in [1.82, 2.24) is 15.3 Å². The molecule has 0 aliphatic carbocycles. The molecule has 1 aromatic rings. The number of aromatic nitrogens is 2. The number of nitrogens with one attached hydrogen (secondary N) is 1. The largest absolute Gasteiger partial charge is 0.481 e. The lowest BCUT2D eigenvalue weighted by atomic mass is 9.98. The van der Waals surface area contributed by atoms with E-state index in [1.54, 1.807) is 6.20 Å². The Balaban J connectivity index is 2.42. The van der Waals surface area contributed by atoms with Crippen LogP contribution in [-0.2, 0) is 11.3 Å². The maximum absolute atomic E-state index is 10.8. The van der Waals surface area contributed by atoms with E-state index in [0.29, 0.717) is 18.8 Å². The lowest BCUT2D eigenvalue weighted by Gasteiger charge is -2.21. The van der Waals surface area contributed by atoms with Crippen LogP contribution in [-0.4, -0.2) is 27.6 Å². The zero-order valence-electron chi connectivity index (χ0n) is 6.90. The third-order valence-electron chi connectivity index (χ3n) is 2.11. The molecule has 1 unspecified atom stereocenters. The van der Waals surface area contributed by atoms with Crippen molar-refractivity contribution in [2.45, 2.75) is 12.5 Å². The van der Waals surface area contributed by atoms with Crippen LogP contribution in [0.4, 0.5) is 0 Å². The maximum Gasteiger partial charge on any atom is 0.313 e. The van der Waals surface area contributed by atoms with E-state index in [9.17, 15) is 4.79 Å². The lowest BCUT2D eigenvalue weighted by Crippen LogP contribution is -2.33. The quantitative estimate of drug-likeness (QED) is 0.621. The highest BCUT2D eigenvalue weighted by Gasteiger charge is 2.27. The Bertz CT molecular complexity index is 340. The van der Waals surface area contributed by atoms with Crippen molar-refractivity contribution < 1.29 is 9.90 Å². The summed E-state index contributed by atoms with van der Waals surface area (Å²) in [5, 5.41) is 11.9. The van der Waals surface area contributed by atoms with Gasteiger partial charge in [-0.25, -0.2) is 9.97 Å². The van der Waals surface area contributed by atoms with Gasteiger partial charge in [0.15, 0.2) is 0 Å². The topological polar surface area (TPSA) is 75.1 Å². The van der Waals surface area contributed by atoms with E-state index >= 15 is 0 Å². The number of carboxylic acids is 1. The van der Waals surface area contributed by atoms with Crippen LogP contribution in [0.3, 0.4) is 0 Å². The Morgan fingerprint density at radius 2 is 2.54 bits per heavy atom. The Hall–Kier alpha value is -1.49. The number of rotatable bonds is 1. The molecule has 1 atom stereocenters. The molecule has 1 aliphatic heterocycles. The predicted molar refractivity (Wildman–Crippen MR) is 44.1 cm³/mol. The molecule has 2 rings (SSSR count). The first-order valence-electron chi connectivity index (χ1n) is 4.01. The molecule has 0 saturated heterocycles. The van der Waals surface area contributed by atoms with Crippen molar-refractivity contribution in [3.8, 4) is 0 Å². The highest BCUT2D eigenvalue weighted by atomic mass is 16.4. The summed E-state index contributed by atoms with van der Waals surface area (Å²) in [4.78, 5) is 18.7. The second kappa shape index (κ2) is 3.10. The second-order valence-corrected chi connectivity index (χ2v) is 2.95. The van der Waals surface area contributed by atoms with E-state index in [-0.39, 0.29) is 0 Å². The minimum Gasteiger partial charge on any atom is -0.481 e. The van der Waals surface area contributed by atoms with Gasteiger partial charge in [-0.15, -0.1) is 0 Å². The Kier molecular flexibility index (Phi) is 1.94. The van der Waals surface area contributed by atoms with Gasteiger partial charge >= 0.3 is 5.97 Å². The summed E-state index contributed by atoms with van der Waals surface area (Å²) in [5.41, 5.74) is 1.52. The van der Waals surface area contributed by atoms with Crippen molar-refractivity contribution >= 4 is 5.97 Å². The Morgan fingerprint density at radius 3 is 3.31 bits per heavy atom. The smallest absolute Gasteiger partial charge is 0.313 e. The molecule has 0 spiro atoms. The first-order chi connectivity index (χ1) is 6.29. The van der Waals surface area contributed by atoms with Crippen LogP contribution in [0, 0.1) is 0 Å². The Labute approximate surface area is 74.8 Å². The number of carbonyl (C=O) groups is 1. The van der Waals surface area contributed by atoms with Crippen molar-refractivity contribution in [2.75, 3.05) is 6.54 Å². The first-order valence-corrected chi connectivity index (χ1v) is 4.01. The molecule has 0 bridgehead atoms. The van der Waals surface area contributed by atoms with E-state index in [2.05, 4.69) is 15.3 Å². The summed E-state index contributed by atoms with van der Waals surface area (Å²) in [7, 11) is 0. The molecule has 0 fully saturated rings. The number of nitrogens with zero attached hydrogens (tertiary/aromatic N) is 2. The summed E-state index contributed by atoms with van der Waals surface area (Å²) in [6.45, 7) is 1.10. The highest BCUT2D eigenvalue weighted by molar-refractivity contribution is 5.76. The molecule has 13 heavy (non-hydrogen) atoms. The predicted octanol–water partition coefficient (Wildman–Crippen LogP) is -0.252. The molecule has 2 heterocycles. The fourth-order valence-corrected chi connectivity index (χ4v) is 1.47. The zero-order valence-corrected chi connectivity index (χ0v) is 6.90. The van der Waals surface area contributed by atoms with E-state index in [0.717, 1.165) is 5.56 Å². The van der Waals surface area contributed by atoms with E-state index < -0.39 is 11.9 Å². The fourth-order valence-electron chi connectivity index (χ4n) is 1.47. The molecule has 0 radical (unpaired) electrons. The number of fused-ring (bicyclic) bond motifs is 1. The fraction of sp³-hybridized carbons (Fsp3) is 0.375. The van der Waals surface area contributed by atoms with E-state index in [1.165, 1.54) is 6.33 Å². The normalized spacial score (nSPS) is 20.8. The average Bonchev–Trinajstić information content (AvgIpc) is 2.17. The zero-order chi connectivity index (χ0) is 9.26. The van der Waals surface area contributed by atoms with E-state index in [4.69, 9.17) is 5.11 Å². The van der Waals surface area contributed by atoms with Gasteiger partial charge in [-0.3, -0.25) is 4.79 Å². The Morgan fingerprint density at radius 1 is 1.69 bits per heavy atom. The highest BCUT2D eigenvalue weighted by Crippen LogP contribution is 2.20. The van der Waals surface area contributed by atoms with Crippen LogP contribution in [0.5, 0.6) is 0 Å². The number of hydrogen-bond donors (Lipinski definition) is 2. The van der Waals surface area contributed by atoms with Gasteiger partial charge in [0.2, 0.25) is 0 Å². The van der Waals surface area contributed by atoms with Gasteiger partial charge in [0.25, 0.3) is 0 Å². The van der Waals surface area contributed by atoms with Crippen LogP contribution >= 0.6 is 0 Å². The van der Waals surface area contributed by atoms with Crippen molar-refractivity contribution in [2.24, 2.45) is 0 Å². The third kappa shape index (κ3) is 1.38. The summed E-state index contributed by atoms with van der Waals surface area (Å²) < 4.78 is 0. The molecule has 2 N–H and O–H groups in total. The minimum atomic E-state index is -0.841. The van der Waals surface area contributed by atoms with Gasteiger partial charge in [0.05, 0.1) is 5.69 Å². The summed E-state index contributed by atoms with van der Waals surface area (Å²) in [6, 6.07) is 0. The van der Waals surface area contributed by atoms with Gasteiger partial charge in [0, 0.05) is 24.8 Å². The third-order valence-corrected chi connectivity index (χ3v) is 2.11.